The van der Waals surface area contributed by atoms with E-state index in [1.54, 1.807) is 36.4 Å². The van der Waals surface area contributed by atoms with Crippen LogP contribution in [0.1, 0.15) is 35.8 Å². The number of aryl methyl sites for hydroxylation is 1. The Kier molecular flexibility index (Phi) is 6.30. The molecule has 144 valence electrons. The minimum Gasteiger partial charge on any atom is -0.267 e. The average molecular weight is 445 g/mol. The van der Waals surface area contributed by atoms with Gasteiger partial charge in [-0.3, -0.25) is 9.59 Å². The number of fused-ring (bicyclic) bond motifs is 1. The number of rotatable bonds is 6. The molecule has 3 aromatic rings. The number of nitrogens with one attached hydrogen (secondary N) is 1. The van der Waals surface area contributed by atoms with Crippen molar-refractivity contribution in [3.8, 4) is 0 Å². The fraction of sp³-hybridized carbons (Fsp3) is 0.200. The summed E-state index contributed by atoms with van der Waals surface area (Å²) in [6, 6.07) is 11.2. The monoisotopic (exact) mass is 444 g/mol. The molecule has 0 bridgehead atoms. The standard InChI is InChI=1S/C20H18BrFN4O2/c1-2-3-10-26-20(28)16-7-5-4-6-15(16)18(25-26)19(27)24-23-12-13-11-14(21)8-9-17(13)22/h4-9,11-12H,2-3,10H2,1H3,(H,24,27)/b23-12+. The van der Waals surface area contributed by atoms with Crippen LogP contribution < -0.4 is 11.0 Å². The molecule has 0 saturated carbocycles. The quantitative estimate of drug-likeness (QED) is 0.463. The molecule has 0 unspecified atom stereocenters. The number of amides is 1. The van der Waals surface area contributed by atoms with Crippen LogP contribution in [0, 0.1) is 5.82 Å². The third-order valence-corrected chi connectivity index (χ3v) is 4.63. The molecule has 28 heavy (non-hydrogen) atoms. The van der Waals surface area contributed by atoms with Crippen LogP contribution in [0.15, 0.2) is 56.8 Å². The van der Waals surface area contributed by atoms with Crippen molar-refractivity contribution in [3.05, 3.63) is 74.4 Å². The molecule has 0 spiro atoms. The molecule has 1 aromatic heterocycles. The molecule has 3 rings (SSSR count). The molecule has 1 heterocycles. The molecule has 0 atom stereocenters. The van der Waals surface area contributed by atoms with E-state index in [1.807, 2.05) is 6.92 Å². The van der Waals surface area contributed by atoms with Gasteiger partial charge in [0.05, 0.1) is 11.6 Å². The lowest BCUT2D eigenvalue weighted by Crippen LogP contribution is -2.29. The van der Waals surface area contributed by atoms with Gasteiger partial charge in [-0.2, -0.15) is 10.2 Å². The van der Waals surface area contributed by atoms with Crippen molar-refractivity contribution in [2.75, 3.05) is 0 Å². The van der Waals surface area contributed by atoms with Crippen molar-refractivity contribution in [1.82, 2.24) is 15.2 Å². The summed E-state index contributed by atoms with van der Waals surface area (Å²) in [6.45, 7) is 2.43. The molecule has 0 aliphatic carbocycles. The molecule has 0 fully saturated rings. The summed E-state index contributed by atoms with van der Waals surface area (Å²) in [4.78, 5) is 25.2. The number of hydrogen-bond donors (Lipinski definition) is 1. The summed E-state index contributed by atoms with van der Waals surface area (Å²) >= 11 is 3.26. The molecular formula is C20H18BrFN4O2. The number of benzene rings is 2. The van der Waals surface area contributed by atoms with Crippen LogP contribution in [0.3, 0.4) is 0 Å². The number of hydrazone groups is 1. The predicted octanol–water partition coefficient (Wildman–Crippen LogP) is 3.86. The first-order chi connectivity index (χ1) is 13.5. The largest absolute Gasteiger partial charge is 0.292 e. The predicted molar refractivity (Wildman–Crippen MR) is 110 cm³/mol. The van der Waals surface area contributed by atoms with Gasteiger partial charge in [-0.15, -0.1) is 0 Å². The Morgan fingerprint density at radius 1 is 1.29 bits per heavy atom. The van der Waals surface area contributed by atoms with E-state index in [0.717, 1.165) is 12.8 Å². The van der Waals surface area contributed by atoms with E-state index in [2.05, 4.69) is 31.6 Å². The highest BCUT2D eigenvalue weighted by molar-refractivity contribution is 9.10. The highest BCUT2D eigenvalue weighted by Crippen LogP contribution is 2.15. The van der Waals surface area contributed by atoms with Gasteiger partial charge in [-0.1, -0.05) is 47.5 Å². The van der Waals surface area contributed by atoms with Crippen LogP contribution in [-0.2, 0) is 6.54 Å². The topological polar surface area (TPSA) is 76.3 Å². The molecule has 0 radical (unpaired) electrons. The molecule has 2 aromatic carbocycles. The number of nitrogens with zero attached hydrogens (tertiary/aromatic N) is 3. The number of halogens is 2. The maximum absolute atomic E-state index is 13.8. The summed E-state index contributed by atoms with van der Waals surface area (Å²) in [5.41, 5.74) is 2.44. The van der Waals surface area contributed by atoms with Gasteiger partial charge in [0.1, 0.15) is 5.82 Å². The highest BCUT2D eigenvalue weighted by Gasteiger charge is 2.16. The zero-order valence-corrected chi connectivity index (χ0v) is 16.7. The van der Waals surface area contributed by atoms with Gasteiger partial charge in [0.15, 0.2) is 5.69 Å². The van der Waals surface area contributed by atoms with E-state index in [-0.39, 0.29) is 16.8 Å². The zero-order chi connectivity index (χ0) is 20.1. The maximum Gasteiger partial charge on any atom is 0.292 e. The van der Waals surface area contributed by atoms with E-state index in [9.17, 15) is 14.0 Å². The van der Waals surface area contributed by atoms with Crippen LogP contribution in [-0.4, -0.2) is 21.9 Å². The van der Waals surface area contributed by atoms with Gasteiger partial charge >= 0.3 is 0 Å². The lowest BCUT2D eigenvalue weighted by molar-refractivity contribution is 0.0949. The molecular weight excluding hydrogens is 427 g/mol. The summed E-state index contributed by atoms with van der Waals surface area (Å²) in [6.07, 6.45) is 2.88. The highest BCUT2D eigenvalue weighted by atomic mass is 79.9. The van der Waals surface area contributed by atoms with E-state index in [0.29, 0.717) is 21.8 Å². The third-order valence-electron chi connectivity index (χ3n) is 4.13. The van der Waals surface area contributed by atoms with Gasteiger partial charge in [0.2, 0.25) is 0 Å². The van der Waals surface area contributed by atoms with Crippen LogP contribution in [0.2, 0.25) is 0 Å². The molecule has 0 aliphatic rings. The first kappa shape index (κ1) is 19.9. The Balaban J connectivity index is 1.92. The zero-order valence-electron chi connectivity index (χ0n) is 15.2. The minimum absolute atomic E-state index is 0.0955. The van der Waals surface area contributed by atoms with E-state index < -0.39 is 11.7 Å². The third kappa shape index (κ3) is 4.33. The van der Waals surface area contributed by atoms with Crippen LogP contribution in [0.4, 0.5) is 4.39 Å². The average Bonchev–Trinajstić information content (AvgIpc) is 2.70. The van der Waals surface area contributed by atoms with E-state index >= 15 is 0 Å². The van der Waals surface area contributed by atoms with E-state index in [1.165, 1.54) is 17.0 Å². The second kappa shape index (κ2) is 8.88. The summed E-state index contributed by atoms with van der Waals surface area (Å²) < 4.78 is 15.8. The fourth-order valence-electron chi connectivity index (χ4n) is 2.69. The lowest BCUT2D eigenvalue weighted by atomic mass is 10.1. The molecule has 0 saturated heterocycles. The lowest BCUT2D eigenvalue weighted by Gasteiger charge is -2.09. The minimum atomic E-state index is -0.576. The van der Waals surface area contributed by atoms with Crippen molar-refractivity contribution in [2.45, 2.75) is 26.3 Å². The van der Waals surface area contributed by atoms with E-state index in [4.69, 9.17) is 0 Å². The maximum atomic E-state index is 13.8. The number of aromatic nitrogens is 2. The van der Waals surface area contributed by atoms with Crippen LogP contribution in [0.25, 0.3) is 10.8 Å². The smallest absolute Gasteiger partial charge is 0.267 e. The summed E-state index contributed by atoms with van der Waals surface area (Å²) in [5, 5.41) is 8.92. The van der Waals surface area contributed by atoms with Gasteiger partial charge in [-0.05, 0) is 30.7 Å². The molecule has 1 amide bonds. The Morgan fingerprint density at radius 3 is 2.79 bits per heavy atom. The number of carbonyl (C=O) groups excluding carboxylic acids is 1. The molecule has 8 heteroatoms. The second-order valence-electron chi connectivity index (χ2n) is 6.14. The Bertz CT molecular complexity index is 1110. The Labute approximate surface area is 169 Å². The van der Waals surface area contributed by atoms with Gasteiger partial charge in [0.25, 0.3) is 11.5 Å². The number of carbonyl (C=O) groups is 1. The van der Waals surface area contributed by atoms with Crippen molar-refractivity contribution < 1.29 is 9.18 Å². The van der Waals surface area contributed by atoms with Crippen LogP contribution >= 0.6 is 15.9 Å². The molecule has 6 nitrogen and oxygen atoms in total. The Hall–Kier alpha value is -2.87. The van der Waals surface area contributed by atoms with Gasteiger partial charge < -0.3 is 0 Å². The fourth-order valence-corrected chi connectivity index (χ4v) is 3.07. The van der Waals surface area contributed by atoms with Gasteiger partial charge in [0, 0.05) is 22.0 Å². The molecule has 0 aliphatic heterocycles. The van der Waals surface area contributed by atoms with Crippen molar-refractivity contribution in [1.29, 1.82) is 0 Å². The SMILES string of the molecule is CCCCn1nc(C(=O)N/N=C/c2cc(Br)ccc2F)c2ccccc2c1=O. The summed E-state index contributed by atoms with van der Waals surface area (Å²) in [7, 11) is 0. The first-order valence-electron chi connectivity index (χ1n) is 8.79. The Morgan fingerprint density at radius 2 is 2.04 bits per heavy atom. The molecule has 1 N–H and O–H groups in total. The van der Waals surface area contributed by atoms with Crippen LogP contribution in [0.5, 0.6) is 0 Å². The van der Waals surface area contributed by atoms with Crippen molar-refractivity contribution in [2.24, 2.45) is 5.10 Å². The van der Waals surface area contributed by atoms with Crippen molar-refractivity contribution in [3.63, 3.8) is 0 Å². The normalized spacial score (nSPS) is 11.2. The van der Waals surface area contributed by atoms with Crippen molar-refractivity contribution >= 4 is 38.8 Å². The summed E-state index contributed by atoms with van der Waals surface area (Å²) in [5.74, 6) is -1.04. The second-order valence-corrected chi connectivity index (χ2v) is 7.06. The number of unbranched alkanes of at least 4 members (excludes halogenated alkanes) is 1. The van der Waals surface area contributed by atoms with Gasteiger partial charge in [-0.25, -0.2) is 14.5 Å². The first-order valence-corrected chi connectivity index (χ1v) is 9.59. The number of hydrogen-bond acceptors (Lipinski definition) is 4.